The lowest BCUT2D eigenvalue weighted by molar-refractivity contribution is -0.192. The molecule has 5 heteroatoms. The van der Waals surface area contributed by atoms with Gasteiger partial charge in [0.2, 0.25) is 0 Å². The van der Waals surface area contributed by atoms with Crippen molar-refractivity contribution in [3.63, 3.8) is 0 Å². The molecule has 1 N–H and O–H groups in total. The van der Waals surface area contributed by atoms with Crippen LogP contribution < -0.4 is 4.74 Å². The first-order chi connectivity index (χ1) is 15.2. The van der Waals surface area contributed by atoms with E-state index in [4.69, 9.17) is 9.47 Å². The number of aliphatic hydroxyl groups is 1. The molecule has 32 heavy (non-hydrogen) atoms. The number of hydrogen-bond donors (Lipinski definition) is 1. The van der Waals surface area contributed by atoms with Gasteiger partial charge in [-0.3, -0.25) is 4.79 Å². The highest BCUT2D eigenvalue weighted by Crippen LogP contribution is 2.68. The summed E-state index contributed by atoms with van der Waals surface area (Å²) in [6.07, 6.45) is 8.37. The second-order valence-corrected chi connectivity index (χ2v) is 10.6. The number of ether oxygens (including phenoxy) is 2. The van der Waals surface area contributed by atoms with Crippen molar-refractivity contribution in [1.82, 2.24) is 0 Å². The number of hydrogen-bond acceptors (Lipinski definition) is 4. The first-order valence-electron chi connectivity index (χ1n) is 11.6. The van der Waals surface area contributed by atoms with Crippen molar-refractivity contribution in [2.75, 3.05) is 6.61 Å². The molecule has 3 fully saturated rings. The van der Waals surface area contributed by atoms with E-state index in [1.54, 1.807) is 6.08 Å². The highest BCUT2D eigenvalue weighted by Gasteiger charge is 2.76. The molecule has 4 aliphatic carbocycles. The van der Waals surface area contributed by atoms with Crippen molar-refractivity contribution >= 4 is 5.78 Å². The number of fused-ring (bicyclic) bond motifs is 5. The number of halogens is 1. The molecule has 1 aromatic rings. The van der Waals surface area contributed by atoms with Crippen LogP contribution in [0.1, 0.15) is 39.5 Å². The quantitative estimate of drug-likeness (QED) is 0.551. The molecule has 1 saturated heterocycles. The Kier molecular flexibility index (Phi) is 4.09. The molecule has 2 saturated carbocycles. The fraction of sp³-hybridized carbons (Fsp3) is 0.519. The maximum Gasteiger partial charge on any atom is 0.264 e. The third kappa shape index (κ3) is 2.47. The molecular formula is C27H29FO4. The first kappa shape index (κ1) is 20.4. The molecule has 0 amide bonds. The van der Waals surface area contributed by atoms with Crippen LogP contribution in [-0.4, -0.2) is 35.1 Å². The summed E-state index contributed by atoms with van der Waals surface area (Å²) in [6.45, 7) is 4.50. The molecule has 6 rings (SSSR count). The second kappa shape index (κ2) is 6.42. The smallest absolute Gasteiger partial charge is 0.264 e. The van der Waals surface area contributed by atoms with Gasteiger partial charge in [-0.2, -0.15) is 0 Å². The van der Waals surface area contributed by atoms with Crippen molar-refractivity contribution in [3.8, 4) is 5.75 Å². The van der Waals surface area contributed by atoms with Crippen LogP contribution in [0.2, 0.25) is 0 Å². The van der Waals surface area contributed by atoms with Crippen molar-refractivity contribution in [3.05, 3.63) is 65.8 Å². The van der Waals surface area contributed by atoms with Gasteiger partial charge in [-0.25, -0.2) is 4.39 Å². The van der Waals surface area contributed by atoms with E-state index in [1.165, 1.54) is 11.6 Å². The van der Waals surface area contributed by atoms with E-state index in [-0.39, 0.29) is 17.6 Å². The Morgan fingerprint density at radius 1 is 1.19 bits per heavy atom. The number of para-hydroxylation sites is 1. The van der Waals surface area contributed by atoms with E-state index in [0.29, 0.717) is 37.2 Å². The molecule has 0 unspecified atom stereocenters. The van der Waals surface area contributed by atoms with Gasteiger partial charge >= 0.3 is 0 Å². The number of carbonyl (C=O) groups excluding carboxylic acids is 1. The molecule has 0 bridgehead atoms. The van der Waals surface area contributed by atoms with Gasteiger partial charge in [0.15, 0.2) is 5.78 Å². The predicted molar refractivity (Wildman–Crippen MR) is 118 cm³/mol. The maximum atomic E-state index is 15.4. The highest BCUT2D eigenvalue weighted by atomic mass is 19.1. The lowest BCUT2D eigenvalue weighted by Crippen LogP contribution is -2.60. The molecular weight excluding hydrogens is 407 g/mol. The van der Waals surface area contributed by atoms with Crippen molar-refractivity contribution in [2.45, 2.75) is 57.1 Å². The Morgan fingerprint density at radius 3 is 2.66 bits per heavy atom. The van der Waals surface area contributed by atoms with Crippen LogP contribution in [0.5, 0.6) is 5.75 Å². The molecule has 1 aliphatic heterocycles. The van der Waals surface area contributed by atoms with Gasteiger partial charge in [0.1, 0.15) is 24.1 Å². The van der Waals surface area contributed by atoms with Crippen LogP contribution in [0.4, 0.5) is 4.39 Å². The van der Waals surface area contributed by atoms with Crippen molar-refractivity contribution in [1.29, 1.82) is 0 Å². The number of alkyl halides is 1. The van der Waals surface area contributed by atoms with E-state index < -0.39 is 28.4 Å². The van der Waals surface area contributed by atoms with Crippen molar-refractivity contribution < 1.29 is 23.8 Å². The summed E-state index contributed by atoms with van der Waals surface area (Å²) in [5, 5.41) is 12.1. The summed E-state index contributed by atoms with van der Waals surface area (Å²) in [5.41, 5.74) is -0.435. The van der Waals surface area contributed by atoms with E-state index in [1.807, 2.05) is 43.3 Å². The Labute approximate surface area is 187 Å². The van der Waals surface area contributed by atoms with Crippen LogP contribution in [0.3, 0.4) is 0 Å². The number of benzene rings is 1. The molecule has 7 atom stereocenters. The van der Waals surface area contributed by atoms with Gasteiger partial charge < -0.3 is 14.6 Å². The lowest BCUT2D eigenvalue weighted by atomic mass is 9.51. The summed E-state index contributed by atoms with van der Waals surface area (Å²) in [6, 6.07) is 9.49. The van der Waals surface area contributed by atoms with Crippen LogP contribution in [0.25, 0.3) is 0 Å². The molecule has 168 valence electrons. The topological polar surface area (TPSA) is 59.1 Å². The minimum Gasteiger partial charge on any atom is -0.457 e. The average molecular weight is 437 g/mol. The van der Waals surface area contributed by atoms with Crippen molar-refractivity contribution in [2.24, 2.45) is 22.7 Å². The Hall–Kier alpha value is -2.24. The van der Waals surface area contributed by atoms with Crippen LogP contribution in [0, 0.1) is 22.7 Å². The Balaban J connectivity index is 1.38. The van der Waals surface area contributed by atoms with Gasteiger partial charge in [0.05, 0.1) is 0 Å². The molecule has 4 nitrogen and oxygen atoms in total. The zero-order chi connectivity index (χ0) is 22.4. The van der Waals surface area contributed by atoms with E-state index >= 15 is 4.39 Å². The zero-order valence-electron chi connectivity index (χ0n) is 18.5. The van der Waals surface area contributed by atoms with Crippen LogP contribution in [0.15, 0.2) is 65.8 Å². The number of rotatable bonds is 3. The molecule has 1 aromatic carbocycles. The predicted octanol–water partition coefficient (Wildman–Crippen LogP) is 4.70. The van der Waals surface area contributed by atoms with Gasteiger partial charge in [-0.05, 0) is 74.3 Å². The lowest BCUT2D eigenvalue weighted by Gasteiger charge is -2.55. The number of carbonyl (C=O) groups is 1. The minimum atomic E-state index is -1.16. The molecule has 0 aromatic heterocycles. The fourth-order valence-electron chi connectivity index (χ4n) is 7.30. The number of epoxide rings is 1. The van der Waals surface area contributed by atoms with Gasteiger partial charge in [0, 0.05) is 10.8 Å². The third-order valence-corrected chi connectivity index (χ3v) is 9.15. The third-order valence-electron chi connectivity index (χ3n) is 9.15. The second-order valence-electron chi connectivity index (χ2n) is 10.6. The minimum absolute atomic E-state index is 0.0188. The SMILES string of the molecule is C[C@]12C=CC(=O)C=C1[C@@H](F)C[C@@H]1C2=CC[C@@]2(C)[C@H]1CC[C@]2(O)[C@]1(Oc2ccccc2)CO1. The Bertz CT molecular complexity index is 1070. The normalized spacial score (nSPS) is 46.5. The van der Waals surface area contributed by atoms with Crippen LogP contribution in [-0.2, 0) is 9.53 Å². The summed E-state index contributed by atoms with van der Waals surface area (Å²) >= 11 is 0. The molecule has 0 radical (unpaired) electrons. The fourth-order valence-corrected chi connectivity index (χ4v) is 7.30. The summed E-state index contributed by atoms with van der Waals surface area (Å²) in [5.74, 6) is -0.376. The monoisotopic (exact) mass is 436 g/mol. The van der Waals surface area contributed by atoms with Crippen LogP contribution >= 0.6 is 0 Å². The average Bonchev–Trinajstić information content (AvgIpc) is 3.50. The van der Waals surface area contributed by atoms with Gasteiger partial charge in [0.25, 0.3) is 5.79 Å². The van der Waals surface area contributed by atoms with E-state index in [9.17, 15) is 9.90 Å². The summed E-state index contributed by atoms with van der Waals surface area (Å²) in [7, 11) is 0. The highest BCUT2D eigenvalue weighted by molar-refractivity contribution is 6.01. The van der Waals surface area contributed by atoms with E-state index in [2.05, 4.69) is 13.0 Å². The summed E-state index contributed by atoms with van der Waals surface area (Å²) < 4.78 is 27.5. The number of ketones is 1. The molecule has 0 spiro atoms. The van der Waals surface area contributed by atoms with Gasteiger partial charge in [-0.1, -0.05) is 42.8 Å². The summed E-state index contributed by atoms with van der Waals surface area (Å²) in [4.78, 5) is 11.9. The standard InChI is InChI=1S/C27H29FO4/c1-24-11-8-17(29)14-22(24)23(28)15-19-20(24)9-12-25(2)21(19)10-13-26(25,30)27(16-31-27)32-18-6-4-3-5-7-18/h3-9,11,14,19,21,23,30H,10,12-13,15-16H2,1-2H3/t19-,21+,23+,24-,25+,26-,27-/m1/s1. The zero-order valence-corrected chi connectivity index (χ0v) is 18.5. The maximum absolute atomic E-state index is 15.4. The Morgan fingerprint density at radius 2 is 1.94 bits per heavy atom. The van der Waals surface area contributed by atoms with E-state index in [0.717, 1.165) is 6.42 Å². The number of allylic oxidation sites excluding steroid dienone is 6. The molecule has 5 aliphatic rings. The first-order valence-corrected chi connectivity index (χ1v) is 11.6. The molecule has 1 heterocycles. The largest absolute Gasteiger partial charge is 0.457 e. The van der Waals surface area contributed by atoms with Gasteiger partial charge in [-0.15, -0.1) is 0 Å².